The highest BCUT2D eigenvalue weighted by Gasteiger charge is 2.26. The third-order valence-corrected chi connectivity index (χ3v) is 3.02. The normalized spacial score (nSPS) is 19.4. The second-order valence-corrected chi connectivity index (χ2v) is 4.18. The molecule has 1 fully saturated rings. The van der Waals surface area contributed by atoms with Crippen LogP contribution in [0.4, 0.5) is 0 Å². The lowest BCUT2D eigenvalue weighted by Crippen LogP contribution is -2.29. The SMILES string of the molecule is COc1ccc(C(=O)N2CC[C@H](CO)C2)cn1. The van der Waals surface area contributed by atoms with Gasteiger partial charge in [-0.2, -0.15) is 0 Å². The van der Waals surface area contributed by atoms with Crippen LogP contribution >= 0.6 is 0 Å². The van der Waals surface area contributed by atoms with Gasteiger partial charge in [-0.3, -0.25) is 4.79 Å². The molecule has 1 N–H and O–H groups in total. The van der Waals surface area contributed by atoms with Crippen molar-refractivity contribution in [2.45, 2.75) is 6.42 Å². The average Bonchev–Trinajstić information content (AvgIpc) is 2.87. The molecule has 0 bridgehead atoms. The number of carbonyl (C=O) groups is 1. The number of pyridine rings is 1. The van der Waals surface area contributed by atoms with Crippen LogP contribution in [0.25, 0.3) is 0 Å². The molecule has 0 aromatic carbocycles. The molecule has 2 rings (SSSR count). The number of aliphatic hydroxyl groups is 1. The molecule has 1 saturated heterocycles. The summed E-state index contributed by atoms with van der Waals surface area (Å²) in [5.41, 5.74) is 0.560. The second kappa shape index (κ2) is 5.14. The van der Waals surface area contributed by atoms with Gasteiger partial charge in [0.1, 0.15) is 0 Å². The summed E-state index contributed by atoms with van der Waals surface area (Å²) < 4.78 is 4.94. The minimum atomic E-state index is -0.0314. The van der Waals surface area contributed by atoms with Gasteiger partial charge in [-0.15, -0.1) is 0 Å². The molecule has 1 amide bonds. The van der Waals surface area contributed by atoms with Crippen molar-refractivity contribution in [2.75, 3.05) is 26.8 Å². The maximum absolute atomic E-state index is 12.1. The molecule has 1 aromatic heterocycles. The van der Waals surface area contributed by atoms with Crippen LogP contribution in [0.3, 0.4) is 0 Å². The Morgan fingerprint density at radius 2 is 2.47 bits per heavy atom. The van der Waals surface area contributed by atoms with E-state index in [9.17, 15) is 4.79 Å². The largest absolute Gasteiger partial charge is 0.481 e. The van der Waals surface area contributed by atoms with Crippen molar-refractivity contribution in [3.05, 3.63) is 23.9 Å². The smallest absolute Gasteiger partial charge is 0.255 e. The highest BCUT2D eigenvalue weighted by molar-refractivity contribution is 5.94. The number of aromatic nitrogens is 1. The first-order chi connectivity index (χ1) is 8.24. The summed E-state index contributed by atoms with van der Waals surface area (Å²) in [7, 11) is 1.54. The number of hydrogen-bond donors (Lipinski definition) is 1. The lowest BCUT2D eigenvalue weighted by molar-refractivity contribution is 0.0781. The van der Waals surface area contributed by atoms with Crippen LogP contribution in [0.2, 0.25) is 0 Å². The fourth-order valence-corrected chi connectivity index (χ4v) is 1.98. The summed E-state index contributed by atoms with van der Waals surface area (Å²) in [5.74, 6) is 0.678. The van der Waals surface area contributed by atoms with E-state index in [0.29, 0.717) is 24.5 Å². The van der Waals surface area contributed by atoms with E-state index in [2.05, 4.69) is 4.98 Å². The second-order valence-electron chi connectivity index (χ2n) is 4.18. The van der Waals surface area contributed by atoms with Crippen molar-refractivity contribution in [2.24, 2.45) is 5.92 Å². The van der Waals surface area contributed by atoms with Crippen LogP contribution in [0, 0.1) is 5.92 Å². The molecule has 0 spiro atoms. The lowest BCUT2D eigenvalue weighted by atomic mass is 10.1. The summed E-state index contributed by atoms with van der Waals surface area (Å²) in [6, 6.07) is 3.38. The van der Waals surface area contributed by atoms with E-state index >= 15 is 0 Å². The van der Waals surface area contributed by atoms with Gasteiger partial charge < -0.3 is 14.7 Å². The van der Waals surface area contributed by atoms with E-state index in [-0.39, 0.29) is 18.4 Å². The van der Waals surface area contributed by atoms with E-state index in [1.54, 1.807) is 17.0 Å². The van der Waals surface area contributed by atoms with Crippen LogP contribution in [0.15, 0.2) is 18.3 Å². The standard InChI is InChI=1S/C12H16N2O3/c1-17-11-3-2-10(6-13-11)12(16)14-5-4-9(7-14)8-15/h2-3,6,9,15H,4-5,7-8H2,1H3/t9-/m0/s1. The predicted molar refractivity (Wildman–Crippen MR) is 61.9 cm³/mol. The first-order valence-corrected chi connectivity index (χ1v) is 5.64. The Morgan fingerprint density at radius 3 is 3.00 bits per heavy atom. The number of carbonyl (C=O) groups excluding carboxylic acids is 1. The monoisotopic (exact) mass is 236 g/mol. The molecule has 92 valence electrons. The Hall–Kier alpha value is -1.62. The van der Waals surface area contributed by atoms with Crippen LogP contribution < -0.4 is 4.74 Å². The molecule has 1 aliphatic heterocycles. The van der Waals surface area contributed by atoms with Crippen molar-refractivity contribution in [3.8, 4) is 5.88 Å². The van der Waals surface area contributed by atoms with Gasteiger partial charge in [0.05, 0.1) is 12.7 Å². The first-order valence-electron chi connectivity index (χ1n) is 5.64. The highest BCUT2D eigenvalue weighted by Crippen LogP contribution is 2.18. The molecule has 17 heavy (non-hydrogen) atoms. The van der Waals surface area contributed by atoms with E-state index in [0.717, 1.165) is 6.42 Å². The Labute approximate surface area is 100 Å². The van der Waals surface area contributed by atoms with E-state index < -0.39 is 0 Å². The Kier molecular flexibility index (Phi) is 3.58. The minimum absolute atomic E-state index is 0.0314. The number of rotatable bonds is 3. The number of hydrogen-bond acceptors (Lipinski definition) is 4. The molecule has 0 unspecified atom stereocenters. The van der Waals surface area contributed by atoms with E-state index in [1.807, 2.05) is 0 Å². The van der Waals surface area contributed by atoms with Gasteiger partial charge >= 0.3 is 0 Å². The van der Waals surface area contributed by atoms with Crippen molar-refractivity contribution < 1.29 is 14.6 Å². The molecule has 0 radical (unpaired) electrons. The summed E-state index contributed by atoms with van der Waals surface area (Å²) in [4.78, 5) is 17.8. The molecule has 1 aromatic rings. The molecule has 5 nitrogen and oxygen atoms in total. The molecule has 1 atom stereocenters. The minimum Gasteiger partial charge on any atom is -0.481 e. The molecule has 0 aliphatic carbocycles. The molecule has 1 aliphatic rings. The van der Waals surface area contributed by atoms with Crippen molar-refractivity contribution in [1.82, 2.24) is 9.88 Å². The topological polar surface area (TPSA) is 62.7 Å². The summed E-state index contributed by atoms with van der Waals surface area (Å²) in [6.07, 6.45) is 2.39. The first kappa shape index (κ1) is 11.9. The fourth-order valence-electron chi connectivity index (χ4n) is 1.98. The quantitative estimate of drug-likeness (QED) is 0.832. The molecule has 5 heteroatoms. The van der Waals surface area contributed by atoms with Gasteiger partial charge in [-0.1, -0.05) is 0 Å². The van der Waals surface area contributed by atoms with E-state index in [4.69, 9.17) is 9.84 Å². The summed E-state index contributed by atoms with van der Waals surface area (Å²) in [5, 5.41) is 9.04. The third kappa shape index (κ3) is 2.55. The van der Waals surface area contributed by atoms with Gasteiger partial charge in [0.25, 0.3) is 5.91 Å². The zero-order valence-electron chi connectivity index (χ0n) is 9.80. The van der Waals surface area contributed by atoms with Crippen molar-refractivity contribution in [1.29, 1.82) is 0 Å². The van der Waals surface area contributed by atoms with Crippen LogP contribution in [0.5, 0.6) is 5.88 Å². The number of ether oxygens (including phenoxy) is 1. The maximum Gasteiger partial charge on any atom is 0.255 e. The van der Waals surface area contributed by atoms with Gasteiger partial charge in [0.15, 0.2) is 0 Å². The van der Waals surface area contributed by atoms with Crippen LogP contribution in [-0.4, -0.2) is 47.7 Å². The van der Waals surface area contributed by atoms with Gasteiger partial charge in [0.2, 0.25) is 5.88 Å². The number of likely N-dealkylation sites (tertiary alicyclic amines) is 1. The van der Waals surface area contributed by atoms with Crippen LogP contribution in [-0.2, 0) is 0 Å². The highest BCUT2D eigenvalue weighted by atomic mass is 16.5. The average molecular weight is 236 g/mol. The lowest BCUT2D eigenvalue weighted by Gasteiger charge is -2.15. The Bertz CT molecular complexity index is 391. The molecular weight excluding hydrogens is 220 g/mol. The predicted octanol–water partition coefficient (Wildman–Crippen LogP) is 0.545. The maximum atomic E-state index is 12.1. The molecular formula is C12H16N2O3. The summed E-state index contributed by atoms with van der Waals surface area (Å²) >= 11 is 0. The number of nitrogens with zero attached hydrogens (tertiary/aromatic N) is 2. The zero-order chi connectivity index (χ0) is 12.3. The van der Waals surface area contributed by atoms with Crippen molar-refractivity contribution in [3.63, 3.8) is 0 Å². The number of methoxy groups -OCH3 is 1. The number of aliphatic hydroxyl groups excluding tert-OH is 1. The summed E-state index contributed by atoms with van der Waals surface area (Å²) in [6.45, 7) is 1.47. The van der Waals surface area contributed by atoms with Gasteiger partial charge in [-0.05, 0) is 12.5 Å². The molecule has 0 saturated carbocycles. The number of amides is 1. The van der Waals surface area contributed by atoms with Gasteiger partial charge in [0, 0.05) is 37.9 Å². The van der Waals surface area contributed by atoms with Crippen molar-refractivity contribution >= 4 is 5.91 Å². The van der Waals surface area contributed by atoms with Crippen LogP contribution in [0.1, 0.15) is 16.8 Å². The zero-order valence-corrected chi connectivity index (χ0v) is 9.80. The van der Waals surface area contributed by atoms with Gasteiger partial charge in [-0.25, -0.2) is 4.98 Å². The Balaban J connectivity index is 2.04. The molecule has 2 heterocycles. The Morgan fingerprint density at radius 1 is 1.65 bits per heavy atom. The van der Waals surface area contributed by atoms with E-state index in [1.165, 1.54) is 13.3 Å². The fraction of sp³-hybridized carbons (Fsp3) is 0.500. The third-order valence-electron chi connectivity index (χ3n) is 3.02.